The quantitative estimate of drug-likeness (QED) is 0.899. The lowest BCUT2D eigenvalue weighted by atomic mass is 10.1. The zero-order chi connectivity index (χ0) is 14.5. The summed E-state index contributed by atoms with van der Waals surface area (Å²) in [6.45, 7) is 0.0327. The minimum Gasteiger partial charge on any atom is -0.491 e. The normalized spacial score (nSPS) is 12.2. The zero-order valence-corrected chi connectivity index (χ0v) is 12.0. The van der Waals surface area contributed by atoms with Crippen molar-refractivity contribution in [2.45, 2.75) is 12.5 Å². The third kappa shape index (κ3) is 4.10. The highest BCUT2D eigenvalue weighted by Crippen LogP contribution is 2.21. The van der Waals surface area contributed by atoms with Gasteiger partial charge >= 0.3 is 0 Å². The van der Waals surface area contributed by atoms with Crippen molar-refractivity contribution in [3.05, 3.63) is 63.9 Å². The second kappa shape index (κ2) is 6.93. The molecule has 1 N–H and O–H groups in total. The van der Waals surface area contributed by atoms with Gasteiger partial charge in [0.15, 0.2) is 0 Å². The minimum absolute atomic E-state index is 0.0327. The Kier molecular flexibility index (Phi) is 5.24. The second-order valence-electron chi connectivity index (χ2n) is 4.33. The Bertz CT molecular complexity index is 570. The van der Waals surface area contributed by atoms with Crippen LogP contribution >= 0.6 is 23.2 Å². The van der Waals surface area contributed by atoms with E-state index in [1.807, 2.05) is 0 Å². The van der Waals surface area contributed by atoms with Crippen molar-refractivity contribution >= 4 is 23.2 Å². The lowest BCUT2D eigenvalue weighted by Crippen LogP contribution is -2.21. The topological polar surface area (TPSA) is 29.5 Å². The van der Waals surface area contributed by atoms with Gasteiger partial charge in [-0.2, -0.15) is 0 Å². The van der Waals surface area contributed by atoms with Crippen molar-refractivity contribution in [2.24, 2.45) is 0 Å². The minimum atomic E-state index is -0.858. The molecule has 5 heteroatoms. The van der Waals surface area contributed by atoms with Gasteiger partial charge in [-0.3, -0.25) is 0 Å². The summed E-state index contributed by atoms with van der Waals surface area (Å²) in [5.41, 5.74) is 0.288. The summed E-state index contributed by atoms with van der Waals surface area (Å²) in [4.78, 5) is 0. The largest absolute Gasteiger partial charge is 0.491 e. The average molecular weight is 315 g/mol. The summed E-state index contributed by atoms with van der Waals surface area (Å²) in [6.07, 6.45) is -0.769. The second-order valence-corrected chi connectivity index (χ2v) is 5.17. The Balaban J connectivity index is 1.94. The van der Waals surface area contributed by atoms with Crippen molar-refractivity contribution in [2.75, 3.05) is 6.61 Å². The van der Waals surface area contributed by atoms with Crippen LogP contribution in [0.5, 0.6) is 5.75 Å². The van der Waals surface area contributed by atoms with Crippen molar-refractivity contribution in [3.8, 4) is 5.75 Å². The fraction of sp³-hybridized carbons (Fsp3) is 0.200. The average Bonchev–Trinajstić information content (AvgIpc) is 2.41. The Hall–Kier alpha value is -1.29. The first-order valence-electron chi connectivity index (χ1n) is 6.05. The molecule has 0 aliphatic carbocycles. The Morgan fingerprint density at radius 2 is 1.90 bits per heavy atom. The molecule has 0 amide bonds. The number of aliphatic hydroxyl groups is 1. The molecule has 0 saturated carbocycles. The maximum atomic E-state index is 13.6. The van der Waals surface area contributed by atoms with Crippen LogP contribution in [0, 0.1) is 5.82 Å². The molecule has 0 saturated heterocycles. The fourth-order valence-electron chi connectivity index (χ4n) is 1.77. The van der Waals surface area contributed by atoms with Crippen LogP contribution in [0.2, 0.25) is 10.0 Å². The number of ether oxygens (including phenoxy) is 1. The first-order chi connectivity index (χ1) is 9.56. The summed E-state index contributed by atoms with van der Waals surface area (Å²) in [5, 5.41) is 10.7. The van der Waals surface area contributed by atoms with Crippen LogP contribution in [0.15, 0.2) is 42.5 Å². The number of rotatable bonds is 5. The van der Waals surface area contributed by atoms with Crippen LogP contribution in [0.1, 0.15) is 5.56 Å². The molecule has 0 bridgehead atoms. The van der Waals surface area contributed by atoms with E-state index in [1.54, 1.807) is 30.3 Å². The molecule has 2 aromatic carbocycles. The van der Waals surface area contributed by atoms with E-state index < -0.39 is 11.9 Å². The van der Waals surface area contributed by atoms with Crippen LogP contribution < -0.4 is 4.74 Å². The van der Waals surface area contributed by atoms with Gasteiger partial charge in [-0.05, 0) is 30.3 Å². The van der Waals surface area contributed by atoms with Gasteiger partial charge in [0.05, 0.1) is 6.10 Å². The highest BCUT2D eigenvalue weighted by atomic mass is 35.5. The third-order valence-electron chi connectivity index (χ3n) is 2.74. The predicted molar refractivity (Wildman–Crippen MR) is 78.1 cm³/mol. The van der Waals surface area contributed by atoms with Crippen LogP contribution in [-0.4, -0.2) is 17.8 Å². The Labute approximate surface area is 126 Å². The first-order valence-corrected chi connectivity index (χ1v) is 6.81. The van der Waals surface area contributed by atoms with Crippen LogP contribution in [0.3, 0.4) is 0 Å². The summed E-state index contributed by atoms with van der Waals surface area (Å²) >= 11 is 11.7. The lowest BCUT2D eigenvalue weighted by molar-refractivity contribution is 0.107. The lowest BCUT2D eigenvalue weighted by Gasteiger charge is -2.14. The van der Waals surface area contributed by atoms with Gasteiger partial charge in [-0.25, -0.2) is 4.39 Å². The number of aliphatic hydroxyl groups excluding tert-OH is 1. The molecule has 106 valence electrons. The van der Waals surface area contributed by atoms with Crippen LogP contribution in [-0.2, 0) is 6.42 Å². The number of halogens is 3. The molecule has 0 aromatic heterocycles. The molecule has 0 fully saturated rings. The zero-order valence-electron chi connectivity index (χ0n) is 10.5. The monoisotopic (exact) mass is 314 g/mol. The van der Waals surface area contributed by atoms with Crippen LogP contribution in [0.25, 0.3) is 0 Å². The maximum Gasteiger partial charge on any atom is 0.127 e. The molecule has 0 spiro atoms. The Morgan fingerprint density at radius 1 is 1.15 bits per heavy atom. The fourth-order valence-corrected chi connectivity index (χ4v) is 2.19. The van der Waals surface area contributed by atoms with Crippen molar-refractivity contribution in [1.29, 1.82) is 0 Å². The highest BCUT2D eigenvalue weighted by molar-refractivity contribution is 6.31. The number of benzene rings is 2. The standard InChI is InChI=1S/C15H13Cl2FO2/c16-10-3-1-4-12(7-10)20-9-11(19)8-13-14(17)5-2-6-15(13)18/h1-7,11,19H,8-9H2. The molecular weight excluding hydrogens is 302 g/mol. The van der Waals surface area contributed by atoms with Crippen molar-refractivity contribution < 1.29 is 14.2 Å². The van der Waals surface area contributed by atoms with Gasteiger partial charge in [0.2, 0.25) is 0 Å². The molecule has 20 heavy (non-hydrogen) atoms. The van der Waals surface area contributed by atoms with Crippen molar-refractivity contribution in [3.63, 3.8) is 0 Å². The molecule has 0 aliphatic heterocycles. The number of hydrogen-bond donors (Lipinski definition) is 1. The van der Waals surface area contributed by atoms with E-state index in [0.717, 1.165) is 0 Å². The van der Waals surface area contributed by atoms with E-state index in [9.17, 15) is 9.50 Å². The highest BCUT2D eigenvalue weighted by Gasteiger charge is 2.13. The molecule has 0 radical (unpaired) electrons. The van der Waals surface area contributed by atoms with Gasteiger partial charge in [0, 0.05) is 22.0 Å². The van der Waals surface area contributed by atoms with Gasteiger partial charge in [0.1, 0.15) is 18.2 Å². The molecule has 0 aliphatic rings. The molecule has 2 rings (SSSR count). The smallest absolute Gasteiger partial charge is 0.127 e. The van der Waals surface area contributed by atoms with E-state index in [-0.39, 0.29) is 18.6 Å². The van der Waals surface area contributed by atoms with Gasteiger partial charge in [0.25, 0.3) is 0 Å². The first kappa shape index (κ1) is 15.1. The predicted octanol–water partition coefficient (Wildman–Crippen LogP) is 4.11. The van der Waals surface area contributed by atoms with Gasteiger partial charge in [-0.1, -0.05) is 35.3 Å². The van der Waals surface area contributed by atoms with Gasteiger partial charge in [-0.15, -0.1) is 0 Å². The summed E-state index contributed by atoms with van der Waals surface area (Å²) in [7, 11) is 0. The van der Waals surface area contributed by atoms with E-state index in [4.69, 9.17) is 27.9 Å². The van der Waals surface area contributed by atoms with Crippen molar-refractivity contribution in [1.82, 2.24) is 0 Å². The Morgan fingerprint density at radius 3 is 2.60 bits per heavy atom. The van der Waals surface area contributed by atoms with E-state index >= 15 is 0 Å². The summed E-state index contributed by atoms with van der Waals surface area (Å²) < 4.78 is 19.0. The maximum absolute atomic E-state index is 13.6. The SMILES string of the molecule is OC(COc1cccc(Cl)c1)Cc1c(F)cccc1Cl. The summed E-state index contributed by atoms with van der Waals surface area (Å²) in [5.74, 6) is 0.121. The van der Waals surface area contributed by atoms with E-state index in [0.29, 0.717) is 15.8 Å². The van der Waals surface area contributed by atoms with Gasteiger partial charge < -0.3 is 9.84 Å². The summed E-state index contributed by atoms with van der Waals surface area (Å²) in [6, 6.07) is 11.3. The molecule has 1 unspecified atom stereocenters. The molecule has 2 aromatic rings. The molecule has 2 nitrogen and oxygen atoms in total. The third-order valence-corrected chi connectivity index (χ3v) is 3.33. The number of hydrogen-bond acceptors (Lipinski definition) is 2. The molecule has 1 atom stereocenters. The molecular formula is C15H13Cl2FO2. The van der Waals surface area contributed by atoms with E-state index in [2.05, 4.69) is 0 Å². The molecule has 0 heterocycles. The van der Waals surface area contributed by atoms with E-state index in [1.165, 1.54) is 12.1 Å². The van der Waals surface area contributed by atoms with Crippen LogP contribution in [0.4, 0.5) is 4.39 Å².